The fraction of sp³-hybridized carbons (Fsp3) is 0.528. The van der Waals surface area contributed by atoms with E-state index < -0.39 is 77.3 Å². The van der Waals surface area contributed by atoms with Crippen LogP contribution in [0.25, 0.3) is 0 Å². The van der Waals surface area contributed by atoms with Crippen molar-refractivity contribution >= 4 is 29.6 Å². The molecule has 1 aliphatic heterocycles. The summed E-state index contributed by atoms with van der Waals surface area (Å²) >= 11 is 0. The SMILES string of the molecule is CC(C)(C)OC(=O)NC(C(=O)N1CC2[C@@H]([C@H]1C(=O)NC(CC(F)(F)F)C(=O)C(=O)NCc1ccccc1)C2(C)C)C1Cc2ccccc2C1. The molecule has 0 spiro atoms. The van der Waals surface area contributed by atoms with Gasteiger partial charge in [0.05, 0.1) is 6.42 Å². The molecule has 264 valence electrons. The second-order valence-electron chi connectivity index (χ2n) is 14.9. The van der Waals surface area contributed by atoms with Crippen LogP contribution >= 0.6 is 0 Å². The number of likely N-dealkylation sites (tertiary alicyclic amines) is 1. The Labute approximate surface area is 283 Å². The molecule has 5 atom stereocenters. The van der Waals surface area contributed by atoms with E-state index in [0.29, 0.717) is 18.4 Å². The van der Waals surface area contributed by atoms with Crippen LogP contribution in [0.1, 0.15) is 57.7 Å². The van der Waals surface area contributed by atoms with Crippen molar-refractivity contribution in [3.05, 3.63) is 71.3 Å². The number of amides is 4. The predicted molar refractivity (Wildman–Crippen MR) is 173 cm³/mol. The van der Waals surface area contributed by atoms with Crippen molar-refractivity contribution in [3.63, 3.8) is 0 Å². The zero-order valence-corrected chi connectivity index (χ0v) is 28.2. The molecule has 2 aromatic rings. The largest absolute Gasteiger partial charge is 0.444 e. The number of fused-ring (bicyclic) bond motifs is 2. The van der Waals surface area contributed by atoms with E-state index >= 15 is 0 Å². The zero-order chi connectivity index (χ0) is 35.9. The third kappa shape index (κ3) is 8.25. The highest BCUT2D eigenvalue weighted by molar-refractivity contribution is 6.38. The molecule has 4 amide bonds. The molecule has 10 nitrogen and oxygen atoms in total. The first-order valence-electron chi connectivity index (χ1n) is 16.5. The lowest BCUT2D eigenvalue weighted by Crippen LogP contribution is -2.60. The number of nitrogens with one attached hydrogen (secondary N) is 3. The van der Waals surface area contributed by atoms with E-state index in [1.54, 1.807) is 51.1 Å². The number of benzene rings is 2. The van der Waals surface area contributed by atoms with Crippen molar-refractivity contribution in [2.75, 3.05) is 6.54 Å². The van der Waals surface area contributed by atoms with Crippen molar-refractivity contribution in [1.82, 2.24) is 20.9 Å². The maximum Gasteiger partial charge on any atom is 0.408 e. The molecule has 1 heterocycles. The minimum absolute atomic E-state index is 0.0992. The fourth-order valence-electron chi connectivity index (χ4n) is 7.36. The molecule has 3 aliphatic rings. The smallest absolute Gasteiger partial charge is 0.408 e. The third-order valence-corrected chi connectivity index (χ3v) is 9.84. The summed E-state index contributed by atoms with van der Waals surface area (Å²) in [7, 11) is 0. The minimum Gasteiger partial charge on any atom is -0.444 e. The van der Waals surface area contributed by atoms with Crippen LogP contribution in [0.15, 0.2) is 54.6 Å². The molecule has 0 aromatic heterocycles. The second kappa shape index (κ2) is 13.5. The Morgan fingerprint density at radius 3 is 2.08 bits per heavy atom. The molecular formula is C36H43F3N4O6. The van der Waals surface area contributed by atoms with E-state index in [1.165, 1.54) is 4.90 Å². The zero-order valence-electron chi connectivity index (χ0n) is 28.2. The van der Waals surface area contributed by atoms with E-state index in [1.807, 2.05) is 38.1 Å². The molecule has 3 N–H and O–H groups in total. The normalized spacial score (nSPS) is 22.3. The van der Waals surface area contributed by atoms with E-state index in [0.717, 1.165) is 11.1 Å². The molecule has 13 heteroatoms. The number of hydrogen-bond acceptors (Lipinski definition) is 6. The number of ketones is 1. The minimum atomic E-state index is -4.89. The Balaban J connectivity index is 1.38. The van der Waals surface area contributed by atoms with Crippen molar-refractivity contribution in [1.29, 1.82) is 0 Å². The van der Waals surface area contributed by atoms with E-state index in [2.05, 4.69) is 16.0 Å². The number of carbonyl (C=O) groups is 5. The van der Waals surface area contributed by atoms with Gasteiger partial charge in [0, 0.05) is 13.1 Å². The molecule has 0 bridgehead atoms. The molecule has 2 aromatic carbocycles. The maximum atomic E-state index is 14.4. The summed E-state index contributed by atoms with van der Waals surface area (Å²) in [5, 5.41) is 7.25. The molecular weight excluding hydrogens is 641 g/mol. The van der Waals surface area contributed by atoms with E-state index in [9.17, 15) is 37.1 Å². The molecule has 2 aliphatic carbocycles. The lowest BCUT2D eigenvalue weighted by molar-refractivity contribution is -0.155. The maximum absolute atomic E-state index is 14.4. The highest BCUT2D eigenvalue weighted by atomic mass is 19.4. The number of ether oxygens (including phenoxy) is 1. The molecule has 49 heavy (non-hydrogen) atoms. The third-order valence-electron chi connectivity index (χ3n) is 9.84. The molecule has 3 unspecified atom stereocenters. The number of halogens is 3. The van der Waals surface area contributed by atoms with Crippen molar-refractivity contribution in [3.8, 4) is 0 Å². The van der Waals surface area contributed by atoms with Crippen molar-refractivity contribution in [2.45, 2.75) is 90.3 Å². The number of nitrogens with zero attached hydrogens (tertiary/aromatic N) is 1. The topological polar surface area (TPSA) is 134 Å². The number of rotatable bonds is 10. The lowest BCUT2D eigenvalue weighted by Gasteiger charge is -2.35. The Bertz CT molecular complexity index is 1580. The lowest BCUT2D eigenvalue weighted by atomic mass is 9.93. The Morgan fingerprint density at radius 2 is 1.51 bits per heavy atom. The van der Waals surface area contributed by atoms with Gasteiger partial charge in [-0.2, -0.15) is 13.2 Å². The highest BCUT2D eigenvalue weighted by Crippen LogP contribution is 2.65. The van der Waals surface area contributed by atoms with Gasteiger partial charge in [-0.3, -0.25) is 19.2 Å². The average molecular weight is 685 g/mol. The van der Waals surface area contributed by atoms with Crippen molar-refractivity contribution in [2.24, 2.45) is 23.2 Å². The second-order valence-corrected chi connectivity index (χ2v) is 14.9. The number of alkyl halides is 3. The van der Waals surface area contributed by atoms with Crippen LogP contribution < -0.4 is 16.0 Å². The highest BCUT2D eigenvalue weighted by Gasteiger charge is 2.70. The van der Waals surface area contributed by atoms with Crippen LogP contribution in [0, 0.1) is 23.2 Å². The van der Waals surface area contributed by atoms with Gasteiger partial charge >= 0.3 is 12.3 Å². The summed E-state index contributed by atoms with van der Waals surface area (Å²) in [6.07, 6.45) is -6.51. The summed E-state index contributed by atoms with van der Waals surface area (Å²) < 4.78 is 46.6. The number of alkyl carbamates (subject to hydrolysis) is 1. The summed E-state index contributed by atoms with van der Waals surface area (Å²) in [4.78, 5) is 68.5. The quantitative estimate of drug-likeness (QED) is 0.323. The van der Waals surface area contributed by atoms with Crippen molar-refractivity contribution < 1.29 is 41.9 Å². The summed E-state index contributed by atoms with van der Waals surface area (Å²) in [6.45, 7) is 8.91. The number of hydrogen-bond donors (Lipinski definition) is 3. The Morgan fingerprint density at radius 1 is 0.918 bits per heavy atom. The first-order chi connectivity index (χ1) is 22.9. The first kappa shape index (κ1) is 35.9. The van der Waals surface area contributed by atoms with Crippen LogP contribution in [-0.4, -0.2) is 70.9 Å². The average Bonchev–Trinajstić information content (AvgIpc) is 3.38. The van der Waals surface area contributed by atoms with E-state index in [4.69, 9.17) is 4.74 Å². The number of Topliss-reactive ketones (excluding diaryl/α,β-unsaturated/α-hetero) is 1. The van der Waals surface area contributed by atoms with Crippen LogP contribution in [0.2, 0.25) is 0 Å². The molecule has 2 fully saturated rings. The van der Waals surface area contributed by atoms with E-state index in [-0.39, 0.29) is 24.9 Å². The first-order valence-corrected chi connectivity index (χ1v) is 16.5. The van der Waals surface area contributed by atoms with Crippen LogP contribution in [0.3, 0.4) is 0 Å². The number of piperidine rings is 1. The van der Waals surface area contributed by atoms with Crippen LogP contribution in [-0.2, 0) is 43.3 Å². The van der Waals surface area contributed by atoms with Gasteiger partial charge in [0.15, 0.2) is 0 Å². The van der Waals surface area contributed by atoms with Crippen LogP contribution in [0.4, 0.5) is 18.0 Å². The molecule has 0 radical (unpaired) electrons. The monoisotopic (exact) mass is 684 g/mol. The molecule has 1 saturated heterocycles. The van der Waals surface area contributed by atoms with Gasteiger partial charge in [-0.15, -0.1) is 0 Å². The van der Waals surface area contributed by atoms with Gasteiger partial charge in [0.1, 0.15) is 23.7 Å². The summed E-state index contributed by atoms with van der Waals surface area (Å²) in [5.74, 6) is -5.17. The predicted octanol–water partition coefficient (Wildman–Crippen LogP) is 4.10. The van der Waals surface area contributed by atoms with Gasteiger partial charge in [0.2, 0.25) is 17.6 Å². The standard InChI is InChI=1S/C36H43F3N4O6/c1-34(2,3)49-33(48)42-27(23-15-21-13-9-10-14-22(21)16-23)32(47)43-19-24-26(35(24,4)5)28(43)30(45)41-25(17-36(37,38)39)29(44)31(46)40-18-20-11-7-6-8-12-20/h6-14,23-28H,15-19H2,1-5H3,(H,40,46)(H,41,45)(H,42,48)/t24?,25?,26-,27?,28-/m0/s1. The fourth-order valence-corrected chi connectivity index (χ4v) is 7.36. The molecule has 5 rings (SSSR count). The summed E-state index contributed by atoms with van der Waals surface area (Å²) in [6, 6.07) is 11.6. The van der Waals surface area contributed by atoms with Crippen LogP contribution in [0.5, 0.6) is 0 Å². The van der Waals surface area contributed by atoms with Gasteiger partial charge in [-0.05, 0) is 73.5 Å². The number of carbonyl (C=O) groups excluding carboxylic acids is 5. The Kier molecular flexibility index (Phi) is 9.86. The van der Waals surface area contributed by atoms with Gasteiger partial charge in [-0.25, -0.2) is 4.79 Å². The summed E-state index contributed by atoms with van der Waals surface area (Å²) in [5.41, 5.74) is 1.41. The Hall–Kier alpha value is -4.42. The van der Waals surface area contributed by atoms with Gasteiger partial charge in [-0.1, -0.05) is 68.4 Å². The molecule has 1 saturated carbocycles. The van der Waals surface area contributed by atoms with Gasteiger partial charge < -0.3 is 25.6 Å². The van der Waals surface area contributed by atoms with Gasteiger partial charge in [0.25, 0.3) is 5.91 Å².